The minimum Gasteiger partial charge on any atom is -0.468 e. The Bertz CT molecular complexity index is 452. The Morgan fingerprint density at radius 2 is 2.00 bits per heavy atom. The molecule has 5 heteroatoms. The maximum Gasteiger partial charge on any atom is 0.317 e. The van der Waals surface area contributed by atoms with Crippen LogP contribution in [0.2, 0.25) is 0 Å². The van der Waals surface area contributed by atoms with E-state index in [0.29, 0.717) is 14.5 Å². The monoisotopic (exact) mass is 348 g/mol. The van der Waals surface area contributed by atoms with Crippen LogP contribution in [0.3, 0.4) is 0 Å². The molecular weight excluding hydrogens is 343 g/mol. The van der Waals surface area contributed by atoms with Crippen LogP contribution in [0.4, 0.5) is 4.39 Å². The fraction of sp³-hybridized carbons (Fsp3) is 0.182. The number of methoxy groups -OCH3 is 1. The van der Waals surface area contributed by atoms with E-state index >= 15 is 0 Å². The van der Waals surface area contributed by atoms with Gasteiger partial charge in [0.1, 0.15) is 12.2 Å². The molecule has 0 fully saturated rings. The molecule has 0 saturated heterocycles. The first kappa shape index (κ1) is 13.2. The molecule has 0 saturated carbocycles. The van der Waals surface area contributed by atoms with Crippen molar-refractivity contribution < 1.29 is 13.9 Å². The van der Waals surface area contributed by atoms with Crippen molar-refractivity contribution in [1.29, 1.82) is 0 Å². The molecule has 0 spiro atoms. The van der Waals surface area contributed by atoms with Gasteiger partial charge in [0.15, 0.2) is 0 Å². The molecule has 0 bridgehead atoms. The summed E-state index contributed by atoms with van der Waals surface area (Å²) in [4.78, 5) is 10.8. The smallest absolute Gasteiger partial charge is 0.317 e. The predicted molar refractivity (Wildman–Crippen MR) is 65.3 cm³/mol. The van der Waals surface area contributed by atoms with E-state index in [2.05, 4.69) is 48.4 Å². The van der Waals surface area contributed by atoms with Crippen LogP contribution >= 0.6 is 31.9 Å². The van der Waals surface area contributed by atoms with Crippen LogP contribution in [-0.2, 0) is 9.53 Å². The van der Waals surface area contributed by atoms with Crippen molar-refractivity contribution in [1.82, 2.24) is 0 Å². The second kappa shape index (κ2) is 6.02. The first-order chi connectivity index (χ1) is 7.54. The first-order valence-electron chi connectivity index (χ1n) is 4.25. The molecule has 1 aromatic carbocycles. The average molecular weight is 350 g/mol. The van der Waals surface area contributed by atoms with Crippen molar-refractivity contribution in [3.8, 4) is 11.8 Å². The van der Waals surface area contributed by atoms with E-state index in [1.807, 2.05) is 0 Å². The summed E-state index contributed by atoms with van der Waals surface area (Å²) in [6.45, 7) is 0. The van der Waals surface area contributed by atoms with Gasteiger partial charge in [0.2, 0.25) is 0 Å². The molecule has 1 rings (SSSR count). The Labute approximate surface area is 109 Å². The summed E-state index contributed by atoms with van der Waals surface area (Å²) in [5.41, 5.74) is 0.602. The summed E-state index contributed by atoms with van der Waals surface area (Å²) in [6.07, 6.45) is 0.00670. The molecule has 0 amide bonds. The summed E-state index contributed by atoms with van der Waals surface area (Å²) in [7, 11) is 1.30. The Morgan fingerprint density at radius 3 is 2.50 bits per heavy atom. The summed E-state index contributed by atoms with van der Waals surface area (Å²) < 4.78 is 18.5. The molecule has 0 aliphatic heterocycles. The maximum absolute atomic E-state index is 12.9. The van der Waals surface area contributed by atoms with Crippen molar-refractivity contribution in [2.24, 2.45) is 0 Å². The number of hydrogen-bond acceptors (Lipinski definition) is 2. The molecule has 0 radical (unpaired) electrons. The van der Waals surface area contributed by atoms with Gasteiger partial charge in [-0.2, -0.15) is 0 Å². The van der Waals surface area contributed by atoms with Gasteiger partial charge in [-0.25, -0.2) is 4.39 Å². The SMILES string of the molecule is COC(=O)CC#Cc1c(Br)cc(F)cc1Br. The Balaban J connectivity index is 2.93. The van der Waals surface area contributed by atoms with Crippen molar-refractivity contribution in [2.75, 3.05) is 7.11 Å². The van der Waals surface area contributed by atoms with Gasteiger partial charge < -0.3 is 4.74 Å². The number of carbonyl (C=O) groups excluding carboxylic acids is 1. The lowest BCUT2D eigenvalue weighted by atomic mass is 10.2. The van der Waals surface area contributed by atoms with Crippen LogP contribution in [0.25, 0.3) is 0 Å². The van der Waals surface area contributed by atoms with Crippen LogP contribution in [0.15, 0.2) is 21.1 Å². The fourth-order valence-corrected chi connectivity index (χ4v) is 2.27. The molecule has 0 aliphatic carbocycles. The van der Waals surface area contributed by atoms with E-state index < -0.39 is 5.97 Å². The number of benzene rings is 1. The Kier molecular flexibility index (Phi) is 4.97. The molecule has 84 valence electrons. The largest absolute Gasteiger partial charge is 0.468 e. The number of ether oxygens (including phenoxy) is 1. The van der Waals surface area contributed by atoms with E-state index in [4.69, 9.17) is 0 Å². The standard InChI is InChI=1S/C11H7Br2FO2/c1-16-11(15)4-2-3-8-9(12)5-7(14)6-10(8)13/h5-6H,4H2,1H3. The number of carbonyl (C=O) groups is 1. The Morgan fingerprint density at radius 1 is 1.44 bits per heavy atom. The zero-order valence-corrected chi connectivity index (χ0v) is 11.5. The van der Waals surface area contributed by atoms with Crippen LogP contribution in [0.5, 0.6) is 0 Å². The number of esters is 1. The van der Waals surface area contributed by atoms with Crippen LogP contribution < -0.4 is 0 Å². The molecule has 1 aromatic rings. The van der Waals surface area contributed by atoms with Crippen molar-refractivity contribution >= 4 is 37.8 Å². The summed E-state index contributed by atoms with van der Waals surface area (Å²) in [6, 6.07) is 2.62. The molecule has 0 aromatic heterocycles. The van der Waals surface area contributed by atoms with Crippen molar-refractivity contribution in [3.63, 3.8) is 0 Å². The highest BCUT2D eigenvalue weighted by Gasteiger charge is 2.05. The third-order valence-corrected chi connectivity index (χ3v) is 2.93. The maximum atomic E-state index is 12.9. The average Bonchev–Trinajstić information content (AvgIpc) is 2.21. The molecule has 0 aliphatic rings. The van der Waals surface area contributed by atoms with Gasteiger partial charge in [0, 0.05) is 8.95 Å². The lowest BCUT2D eigenvalue weighted by molar-refractivity contribution is -0.139. The van der Waals surface area contributed by atoms with E-state index in [9.17, 15) is 9.18 Å². The fourth-order valence-electron chi connectivity index (χ4n) is 0.939. The van der Waals surface area contributed by atoms with Gasteiger partial charge in [0.25, 0.3) is 0 Å². The van der Waals surface area contributed by atoms with Crippen LogP contribution in [-0.4, -0.2) is 13.1 Å². The zero-order valence-electron chi connectivity index (χ0n) is 8.31. The molecule has 0 unspecified atom stereocenters. The minimum absolute atomic E-state index is 0.00670. The highest BCUT2D eigenvalue weighted by atomic mass is 79.9. The third-order valence-electron chi connectivity index (χ3n) is 1.68. The predicted octanol–water partition coefficient (Wildman–Crippen LogP) is 3.27. The topological polar surface area (TPSA) is 26.3 Å². The highest BCUT2D eigenvalue weighted by molar-refractivity contribution is 9.11. The van der Waals surface area contributed by atoms with Gasteiger partial charge in [-0.1, -0.05) is 11.8 Å². The molecule has 16 heavy (non-hydrogen) atoms. The molecule has 0 N–H and O–H groups in total. The Hall–Kier alpha value is -0.860. The van der Waals surface area contributed by atoms with E-state index in [0.717, 1.165) is 0 Å². The quantitative estimate of drug-likeness (QED) is 0.574. The van der Waals surface area contributed by atoms with E-state index in [-0.39, 0.29) is 12.2 Å². The van der Waals surface area contributed by atoms with Gasteiger partial charge in [0.05, 0.1) is 12.7 Å². The normalized spacial score (nSPS) is 9.25. The van der Waals surface area contributed by atoms with Gasteiger partial charge in [-0.15, -0.1) is 0 Å². The highest BCUT2D eigenvalue weighted by Crippen LogP contribution is 2.25. The minimum atomic E-state index is -0.401. The second-order valence-corrected chi connectivity index (χ2v) is 4.51. The zero-order chi connectivity index (χ0) is 12.1. The van der Waals surface area contributed by atoms with E-state index in [1.54, 1.807) is 0 Å². The summed E-state index contributed by atoms with van der Waals surface area (Å²) >= 11 is 6.39. The summed E-state index contributed by atoms with van der Waals surface area (Å²) in [5, 5.41) is 0. The molecule has 2 nitrogen and oxygen atoms in total. The molecule has 0 heterocycles. The first-order valence-corrected chi connectivity index (χ1v) is 5.83. The number of rotatable bonds is 1. The third kappa shape index (κ3) is 3.62. The summed E-state index contributed by atoms with van der Waals surface area (Å²) in [5.74, 6) is 4.64. The lowest BCUT2D eigenvalue weighted by Crippen LogP contribution is -1.97. The van der Waals surface area contributed by atoms with Crippen LogP contribution in [0, 0.1) is 17.7 Å². The number of hydrogen-bond donors (Lipinski definition) is 0. The lowest BCUT2D eigenvalue weighted by Gasteiger charge is -2.00. The van der Waals surface area contributed by atoms with Gasteiger partial charge >= 0.3 is 5.97 Å². The van der Waals surface area contributed by atoms with E-state index in [1.165, 1.54) is 19.2 Å². The number of halogens is 3. The van der Waals surface area contributed by atoms with Gasteiger partial charge in [-0.05, 0) is 44.0 Å². The van der Waals surface area contributed by atoms with Crippen molar-refractivity contribution in [3.05, 3.63) is 32.5 Å². The van der Waals surface area contributed by atoms with Crippen LogP contribution in [0.1, 0.15) is 12.0 Å². The van der Waals surface area contributed by atoms with Gasteiger partial charge in [-0.3, -0.25) is 4.79 Å². The second-order valence-electron chi connectivity index (χ2n) is 2.80. The molecule has 0 atom stereocenters. The van der Waals surface area contributed by atoms with Crippen molar-refractivity contribution in [2.45, 2.75) is 6.42 Å². The molecular formula is C11H7Br2FO2.